The Morgan fingerprint density at radius 1 is 1.15 bits per heavy atom. The number of nitrogens with zero attached hydrogens (tertiary/aromatic N) is 1. The second kappa shape index (κ2) is 6.72. The van der Waals surface area contributed by atoms with E-state index in [-0.39, 0.29) is 0 Å². The summed E-state index contributed by atoms with van der Waals surface area (Å²) in [4.78, 5) is 2.56. The van der Waals surface area contributed by atoms with E-state index in [9.17, 15) is 0 Å². The van der Waals surface area contributed by atoms with E-state index in [2.05, 4.69) is 39.2 Å². The summed E-state index contributed by atoms with van der Waals surface area (Å²) in [6.07, 6.45) is 1.20. The van der Waals surface area contributed by atoms with E-state index in [1.54, 1.807) is 11.3 Å². The molecule has 0 aliphatic carbocycles. The third kappa shape index (κ3) is 3.23. The molecule has 20 heavy (non-hydrogen) atoms. The van der Waals surface area contributed by atoms with Gasteiger partial charge in [0.05, 0.1) is 6.04 Å². The van der Waals surface area contributed by atoms with Crippen LogP contribution in [-0.2, 0) is 0 Å². The summed E-state index contributed by atoms with van der Waals surface area (Å²) in [7, 11) is 0. The first-order chi connectivity index (χ1) is 9.84. The van der Waals surface area contributed by atoms with E-state index in [1.165, 1.54) is 17.5 Å². The highest BCUT2D eigenvalue weighted by molar-refractivity contribution is 7.08. The average molecular weight is 307 g/mol. The van der Waals surface area contributed by atoms with Crippen molar-refractivity contribution >= 4 is 22.9 Å². The number of halogens is 1. The topological polar surface area (TPSA) is 15.3 Å². The van der Waals surface area contributed by atoms with Crippen LogP contribution in [-0.4, -0.2) is 31.1 Å². The fourth-order valence-electron chi connectivity index (χ4n) is 2.85. The Labute approximate surface area is 129 Å². The van der Waals surface area contributed by atoms with Crippen LogP contribution >= 0.6 is 22.9 Å². The zero-order valence-corrected chi connectivity index (χ0v) is 13.0. The third-order valence-corrected chi connectivity index (χ3v) is 4.70. The lowest BCUT2D eigenvalue weighted by molar-refractivity contribution is 0.241. The van der Waals surface area contributed by atoms with Gasteiger partial charge in [0.1, 0.15) is 0 Å². The molecule has 3 rings (SSSR count). The minimum atomic E-state index is 0.319. The van der Waals surface area contributed by atoms with Gasteiger partial charge in [0.25, 0.3) is 0 Å². The number of rotatable bonds is 3. The Bertz CT molecular complexity index is 533. The van der Waals surface area contributed by atoms with Gasteiger partial charge in [0, 0.05) is 24.7 Å². The number of hydrogen-bond donors (Lipinski definition) is 1. The van der Waals surface area contributed by atoms with Crippen molar-refractivity contribution in [3.63, 3.8) is 0 Å². The average Bonchev–Trinajstić information content (AvgIpc) is 2.83. The molecule has 1 aromatic heterocycles. The van der Waals surface area contributed by atoms with Crippen LogP contribution in [0.2, 0.25) is 5.02 Å². The van der Waals surface area contributed by atoms with Crippen molar-refractivity contribution in [2.75, 3.05) is 26.2 Å². The quantitative estimate of drug-likeness (QED) is 0.928. The monoisotopic (exact) mass is 306 g/mol. The smallest absolute Gasteiger partial charge is 0.0610 e. The molecule has 0 amide bonds. The minimum absolute atomic E-state index is 0.319. The molecule has 106 valence electrons. The molecule has 4 heteroatoms. The SMILES string of the molecule is Clc1cccc(C(c2ccsc2)N2CCCNCC2)c1. The molecule has 2 nitrogen and oxygen atoms in total. The maximum Gasteiger partial charge on any atom is 0.0610 e. The molecule has 1 aromatic carbocycles. The Morgan fingerprint density at radius 2 is 2.10 bits per heavy atom. The van der Waals surface area contributed by atoms with Crippen molar-refractivity contribution in [2.24, 2.45) is 0 Å². The molecule has 2 heterocycles. The van der Waals surface area contributed by atoms with Crippen molar-refractivity contribution in [3.8, 4) is 0 Å². The van der Waals surface area contributed by atoms with E-state index in [4.69, 9.17) is 11.6 Å². The van der Waals surface area contributed by atoms with E-state index in [1.807, 2.05) is 12.1 Å². The molecule has 1 atom stereocenters. The van der Waals surface area contributed by atoms with Crippen LogP contribution in [0.5, 0.6) is 0 Å². The fraction of sp³-hybridized carbons (Fsp3) is 0.375. The van der Waals surface area contributed by atoms with Gasteiger partial charge in [-0.1, -0.05) is 23.7 Å². The molecule has 1 aliphatic heterocycles. The highest BCUT2D eigenvalue weighted by atomic mass is 35.5. The van der Waals surface area contributed by atoms with Crippen molar-refractivity contribution in [1.29, 1.82) is 0 Å². The number of nitrogens with one attached hydrogen (secondary N) is 1. The van der Waals surface area contributed by atoms with E-state index >= 15 is 0 Å². The largest absolute Gasteiger partial charge is 0.315 e. The van der Waals surface area contributed by atoms with Crippen molar-refractivity contribution in [3.05, 3.63) is 57.2 Å². The summed E-state index contributed by atoms with van der Waals surface area (Å²) < 4.78 is 0. The van der Waals surface area contributed by atoms with Crippen LogP contribution in [0, 0.1) is 0 Å². The second-order valence-electron chi connectivity index (χ2n) is 5.15. The van der Waals surface area contributed by atoms with E-state index < -0.39 is 0 Å². The Morgan fingerprint density at radius 3 is 2.90 bits per heavy atom. The van der Waals surface area contributed by atoms with Gasteiger partial charge in [-0.05, 0) is 53.1 Å². The lowest BCUT2D eigenvalue weighted by atomic mass is 9.99. The van der Waals surface area contributed by atoms with Gasteiger partial charge in [-0.3, -0.25) is 4.90 Å². The van der Waals surface area contributed by atoms with Crippen molar-refractivity contribution in [1.82, 2.24) is 10.2 Å². The van der Waals surface area contributed by atoms with Crippen LogP contribution in [0.3, 0.4) is 0 Å². The Kier molecular flexibility index (Phi) is 4.73. The normalized spacial score (nSPS) is 18.6. The standard InChI is InChI=1S/C16H19ClN2S/c17-15-4-1-3-13(11-15)16(14-5-10-20-12-14)19-8-2-6-18-7-9-19/h1,3-5,10-12,16,18H,2,6-9H2. The zero-order chi connectivity index (χ0) is 13.8. The molecule has 2 aromatic rings. The van der Waals surface area contributed by atoms with Crippen LogP contribution in [0.25, 0.3) is 0 Å². The van der Waals surface area contributed by atoms with Crippen LogP contribution in [0.1, 0.15) is 23.6 Å². The number of benzene rings is 1. The molecular weight excluding hydrogens is 288 g/mol. The van der Waals surface area contributed by atoms with Crippen LogP contribution in [0.4, 0.5) is 0 Å². The molecule has 0 saturated carbocycles. The molecular formula is C16H19ClN2S. The molecule has 0 spiro atoms. The summed E-state index contributed by atoms with van der Waals surface area (Å²) in [5.41, 5.74) is 2.66. The van der Waals surface area contributed by atoms with Crippen molar-refractivity contribution < 1.29 is 0 Å². The zero-order valence-electron chi connectivity index (χ0n) is 11.4. The molecule has 1 N–H and O–H groups in total. The van der Waals surface area contributed by atoms with Gasteiger partial charge in [0.2, 0.25) is 0 Å². The molecule has 0 radical (unpaired) electrons. The lowest BCUT2D eigenvalue weighted by Gasteiger charge is -2.30. The molecule has 1 fully saturated rings. The summed E-state index contributed by atoms with van der Waals surface area (Å²) in [5, 5.41) is 8.70. The first kappa shape index (κ1) is 14.1. The summed E-state index contributed by atoms with van der Waals surface area (Å²) in [6, 6.07) is 10.8. The third-order valence-electron chi connectivity index (χ3n) is 3.76. The highest BCUT2D eigenvalue weighted by Gasteiger charge is 2.23. The van der Waals surface area contributed by atoms with Gasteiger partial charge < -0.3 is 5.32 Å². The maximum atomic E-state index is 6.19. The summed E-state index contributed by atoms with van der Waals surface area (Å²) in [6.45, 7) is 4.37. The van der Waals surface area contributed by atoms with Crippen LogP contribution < -0.4 is 5.32 Å². The predicted octanol–water partition coefficient (Wildman–Crippen LogP) is 3.79. The first-order valence-electron chi connectivity index (χ1n) is 7.07. The van der Waals surface area contributed by atoms with E-state index in [0.29, 0.717) is 6.04 Å². The predicted molar refractivity (Wildman–Crippen MR) is 86.7 cm³/mol. The maximum absolute atomic E-state index is 6.19. The van der Waals surface area contributed by atoms with Gasteiger partial charge in [0.15, 0.2) is 0 Å². The minimum Gasteiger partial charge on any atom is -0.315 e. The summed E-state index contributed by atoms with van der Waals surface area (Å²) >= 11 is 7.95. The number of thiophene rings is 1. The van der Waals surface area contributed by atoms with Gasteiger partial charge >= 0.3 is 0 Å². The highest BCUT2D eigenvalue weighted by Crippen LogP contribution is 2.31. The van der Waals surface area contributed by atoms with Gasteiger partial charge in [-0.2, -0.15) is 11.3 Å². The van der Waals surface area contributed by atoms with Gasteiger partial charge in [-0.25, -0.2) is 0 Å². The van der Waals surface area contributed by atoms with Crippen molar-refractivity contribution in [2.45, 2.75) is 12.5 Å². The number of hydrogen-bond acceptors (Lipinski definition) is 3. The van der Waals surface area contributed by atoms with Crippen LogP contribution in [0.15, 0.2) is 41.1 Å². The van der Waals surface area contributed by atoms with Gasteiger partial charge in [-0.15, -0.1) is 0 Å². The molecule has 1 unspecified atom stereocenters. The lowest BCUT2D eigenvalue weighted by Crippen LogP contribution is -2.32. The second-order valence-corrected chi connectivity index (χ2v) is 6.37. The van der Waals surface area contributed by atoms with E-state index in [0.717, 1.165) is 31.2 Å². The molecule has 1 aliphatic rings. The fourth-order valence-corrected chi connectivity index (χ4v) is 3.72. The summed E-state index contributed by atoms with van der Waals surface area (Å²) in [5.74, 6) is 0. The first-order valence-corrected chi connectivity index (χ1v) is 8.39. The molecule has 0 bridgehead atoms. The Hall–Kier alpha value is -0.870. The Balaban J connectivity index is 1.95. The molecule has 1 saturated heterocycles.